The maximum Gasteiger partial charge on any atom is 0.183 e. The first-order valence-corrected chi connectivity index (χ1v) is 15.3. The van der Waals surface area contributed by atoms with Crippen LogP contribution in [-0.2, 0) is 9.47 Å². The Morgan fingerprint density at radius 2 is 1.16 bits per heavy atom. The van der Waals surface area contributed by atoms with Crippen molar-refractivity contribution < 1.29 is 31.8 Å². The van der Waals surface area contributed by atoms with E-state index < -0.39 is 40.7 Å². The second-order valence-corrected chi connectivity index (χ2v) is 12.1. The van der Waals surface area contributed by atoms with E-state index >= 15 is 0 Å². The van der Waals surface area contributed by atoms with E-state index in [-0.39, 0.29) is 11.2 Å². The highest BCUT2D eigenvalue weighted by Gasteiger charge is 2.29. The zero-order valence-corrected chi connectivity index (χ0v) is 25.6. The maximum absolute atomic E-state index is 14.9. The minimum atomic E-state index is -1.49. The number of rotatable bonds is 13. The average Bonchev–Trinajstić information content (AvgIpc) is 3.02. The van der Waals surface area contributed by atoms with E-state index in [0.717, 1.165) is 37.0 Å². The molecule has 0 amide bonds. The molecule has 0 aromatic heterocycles. The first kappa shape index (κ1) is 33.3. The lowest BCUT2D eigenvalue weighted by Crippen LogP contribution is -2.33. The number of ketones is 1. The first-order chi connectivity index (χ1) is 21.1. The molecule has 3 aromatic carbocycles. The Kier molecular flexibility index (Phi) is 11.7. The van der Waals surface area contributed by atoms with Crippen molar-refractivity contribution in [3.8, 4) is 0 Å². The maximum atomic E-state index is 14.9. The first-order valence-electron chi connectivity index (χ1n) is 15.3. The van der Waals surface area contributed by atoms with Gasteiger partial charge in [0.1, 0.15) is 0 Å². The van der Waals surface area contributed by atoms with Crippen LogP contribution in [0.1, 0.15) is 110 Å². The van der Waals surface area contributed by atoms with Gasteiger partial charge in [-0.05, 0) is 29.7 Å². The second-order valence-electron chi connectivity index (χ2n) is 12.1. The van der Waals surface area contributed by atoms with Crippen molar-refractivity contribution in [1.82, 2.24) is 0 Å². The number of ether oxygens (including phenoxy) is 2. The Bertz CT molecular complexity index is 1440. The van der Waals surface area contributed by atoms with Gasteiger partial charge in [0.15, 0.2) is 35.3 Å². The molecule has 234 valence electrons. The van der Waals surface area contributed by atoms with Crippen LogP contribution in [0.25, 0.3) is 24.3 Å². The molecule has 0 radical (unpaired) electrons. The molecule has 0 saturated carbocycles. The number of carbonyl (C=O) groups is 1. The Morgan fingerprint density at radius 1 is 0.705 bits per heavy atom. The number of benzene rings is 3. The lowest BCUT2D eigenvalue weighted by atomic mass is 9.95. The van der Waals surface area contributed by atoms with Crippen molar-refractivity contribution in [2.24, 2.45) is 5.41 Å². The molecule has 1 aliphatic heterocycles. The van der Waals surface area contributed by atoms with Gasteiger partial charge in [0.2, 0.25) is 0 Å². The quantitative estimate of drug-likeness (QED) is 0.0637. The number of hydrogen-bond acceptors (Lipinski definition) is 3. The van der Waals surface area contributed by atoms with Gasteiger partial charge in [-0.3, -0.25) is 4.79 Å². The number of carbonyl (C=O) groups excluding carboxylic acids is 1. The van der Waals surface area contributed by atoms with Crippen molar-refractivity contribution in [2.45, 2.75) is 72.0 Å². The van der Waals surface area contributed by atoms with Crippen LogP contribution in [0, 0.1) is 28.7 Å². The zero-order valence-electron chi connectivity index (χ0n) is 25.6. The highest BCUT2D eigenvalue weighted by atomic mass is 19.2. The smallest absolute Gasteiger partial charge is 0.183 e. The fourth-order valence-electron chi connectivity index (χ4n) is 4.96. The molecule has 1 heterocycles. The average molecular weight is 609 g/mol. The summed E-state index contributed by atoms with van der Waals surface area (Å²) in [5, 5.41) is 0. The summed E-state index contributed by atoms with van der Waals surface area (Å²) < 4.78 is 71.1. The van der Waals surface area contributed by atoms with Gasteiger partial charge >= 0.3 is 0 Å². The lowest BCUT2D eigenvalue weighted by Gasteiger charge is -2.34. The molecule has 0 unspecified atom stereocenters. The van der Waals surface area contributed by atoms with Crippen LogP contribution in [0.3, 0.4) is 0 Å². The minimum Gasteiger partial charge on any atom is -0.348 e. The zero-order chi connectivity index (χ0) is 31.7. The third-order valence-corrected chi connectivity index (χ3v) is 7.67. The molecule has 0 bridgehead atoms. The van der Waals surface area contributed by atoms with Crippen LogP contribution < -0.4 is 0 Å². The molecule has 1 saturated heterocycles. The number of Topliss-reactive ketones (excluding diaryl/α,β-unsaturated/α-hetero) is 1. The van der Waals surface area contributed by atoms with Crippen LogP contribution >= 0.6 is 0 Å². The molecule has 0 atom stereocenters. The number of hydrogen-bond donors (Lipinski definition) is 0. The van der Waals surface area contributed by atoms with Crippen molar-refractivity contribution in [3.05, 3.63) is 105 Å². The lowest BCUT2D eigenvalue weighted by molar-refractivity contribution is -0.226. The topological polar surface area (TPSA) is 35.5 Å². The van der Waals surface area contributed by atoms with Gasteiger partial charge in [-0.1, -0.05) is 114 Å². The van der Waals surface area contributed by atoms with Gasteiger partial charge in [-0.25, -0.2) is 17.6 Å². The predicted molar refractivity (Wildman–Crippen MR) is 168 cm³/mol. The summed E-state index contributed by atoms with van der Waals surface area (Å²) in [6.07, 6.45) is 11.2. The van der Waals surface area contributed by atoms with Gasteiger partial charge < -0.3 is 9.47 Å². The largest absolute Gasteiger partial charge is 0.348 e. The van der Waals surface area contributed by atoms with E-state index in [1.54, 1.807) is 48.5 Å². The fourth-order valence-corrected chi connectivity index (χ4v) is 4.96. The van der Waals surface area contributed by atoms with E-state index in [9.17, 15) is 22.4 Å². The Morgan fingerprint density at radius 3 is 1.66 bits per heavy atom. The number of halogens is 4. The molecular formula is C37H40F4O3. The van der Waals surface area contributed by atoms with Crippen molar-refractivity contribution in [2.75, 3.05) is 13.2 Å². The Hall–Kier alpha value is -3.55. The molecule has 44 heavy (non-hydrogen) atoms. The SMILES string of the molecule is CCCCCCCCC(=O)c1ccc(/C=C/c2c(F)c(F)c(/C=C/c3ccc(C4OCC(C)(C)CO4)cc3)c(F)c2F)cc1. The Labute approximate surface area is 257 Å². The molecular weight excluding hydrogens is 568 g/mol. The standard InChI is InChI=1S/C37H40F4O3/c1-4-5-6-7-8-9-10-31(42)27-17-11-25(12-18-27)15-21-29-32(38)34(40)30(35(41)33(29)39)22-16-26-13-19-28(20-14-26)36-43-23-37(2,3)24-44-36/h11-22,36H,4-10,23-24H2,1-3H3/b21-15+,22-16+. The minimum absolute atomic E-state index is 0.0354. The molecule has 1 aliphatic rings. The van der Waals surface area contributed by atoms with Crippen LogP contribution in [0.5, 0.6) is 0 Å². The summed E-state index contributed by atoms with van der Waals surface area (Å²) in [7, 11) is 0. The monoisotopic (exact) mass is 608 g/mol. The summed E-state index contributed by atoms with van der Waals surface area (Å²) in [4.78, 5) is 12.4. The van der Waals surface area contributed by atoms with Gasteiger partial charge in [0.05, 0.1) is 24.3 Å². The molecule has 4 rings (SSSR count). The molecule has 1 fully saturated rings. The summed E-state index contributed by atoms with van der Waals surface area (Å²) >= 11 is 0. The van der Waals surface area contributed by atoms with Gasteiger partial charge in [0, 0.05) is 23.0 Å². The van der Waals surface area contributed by atoms with Crippen molar-refractivity contribution >= 4 is 30.1 Å². The molecule has 7 heteroatoms. The van der Waals surface area contributed by atoms with E-state index in [1.807, 2.05) is 13.8 Å². The third-order valence-electron chi connectivity index (χ3n) is 7.67. The summed E-state index contributed by atoms with van der Waals surface area (Å²) in [5.74, 6) is -5.92. The molecule has 3 nitrogen and oxygen atoms in total. The van der Waals surface area contributed by atoms with Crippen LogP contribution in [0.4, 0.5) is 17.6 Å². The summed E-state index contributed by atoms with van der Waals surface area (Å²) in [6.45, 7) is 7.35. The predicted octanol–water partition coefficient (Wildman–Crippen LogP) is 10.6. The normalized spacial score (nSPS) is 15.4. The van der Waals surface area contributed by atoms with Gasteiger partial charge in [-0.15, -0.1) is 0 Å². The van der Waals surface area contributed by atoms with Crippen LogP contribution in [0.2, 0.25) is 0 Å². The van der Waals surface area contributed by atoms with E-state index in [1.165, 1.54) is 31.4 Å². The van der Waals surface area contributed by atoms with Crippen molar-refractivity contribution in [3.63, 3.8) is 0 Å². The van der Waals surface area contributed by atoms with Crippen LogP contribution in [-0.4, -0.2) is 19.0 Å². The second kappa shape index (κ2) is 15.4. The van der Waals surface area contributed by atoms with E-state index in [2.05, 4.69) is 6.92 Å². The Balaban J connectivity index is 1.40. The highest BCUT2D eigenvalue weighted by Crippen LogP contribution is 2.32. The number of unbranched alkanes of at least 4 members (excludes halogenated alkanes) is 5. The van der Waals surface area contributed by atoms with Gasteiger partial charge in [0.25, 0.3) is 0 Å². The van der Waals surface area contributed by atoms with Crippen molar-refractivity contribution in [1.29, 1.82) is 0 Å². The summed E-state index contributed by atoms with van der Waals surface area (Å²) in [5.41, 5.74) is 0.746. The molecule has 3 aromatic rings. The van der Waals surface area contributed by atoms with Gasteiger partial charge in [-0.2, -0.15) is 0 Å². The summed E-state index contributed by atoms with van der Waals surface area (Å²) in [6, 6.07) is 13.5. The van der Waals surface area contributed by atoms with Crippen LogP contribution in [0.15, 0.2) is 48.5 Å². The molecule has 0 aliphatic carbocycles. The highest BCUT2D eigenvalue weighted by molar-refractivity contribution is 5.96. The molecule has 0 spiro atoms. The molecule has 0 N–H and O–H groups in total. The third kappa shape index (κ3) is 8.76. The van der Waals surface area contributed by atoms with E-state index in [4.69, 9.17) is 9.47 Å². The fraction of sp³-hybridized carbons (Fsp3) is 0.378. The van der Waals surface area contributed by atoms with E-state index in [0.29, 0.717) is 36.3 Å².